The molecule has 2 atom stereocenters. The second kappa shape index (κ2) is 13.6. The number of anilines is 1. The minimum Gasteiger partial charge on any atom is -0.352 e. The van der Waals surface area contributed by atoms with Crippen LogP contribution >= 0.6 is 0 Å². The fourth-order valence-corrected chi connectivity index (χ4v) is 4.83. The van der Waals surface area contributed by atoms with Gasteiger partial charge in [0.2, 0.25) is 21.8 Å². The Morgan fingerprint density at radius 2 is 1.66 bits per heavy atom. The van der Waals surface area contributed by atoms with Crippen LogP contribution in [0.15, 0.2) is 54.6 Å². The maximum Gasteiger partial charge on any atom is 0.416 e. The van der Waals surface area contributed by atoms with E-state index in [0.717, 1.165) is 40.7 Å². The van der Waals surface area contributed by atoms with Crippen molar-refractivity contribution in [1.82, 2.24) is 10.2 Å². The normalized spacial score (nSPS) is 13.4. The number of nitrogens with one attached hydrogen (secondary N) is 1. The highest BCUT2D eigenvalue weighted by Crippen LogP contribution is 2.32. The van der Waals surface area contributed by atoms with Gasteiger partial charge in [-0.15, -0.1) is 0 Å². The summed E-state index contributed by atoms with van der Waals surface area (Å²) in [6.45, 7) is 5.54. The average Bonchev–Trinajstić information content (AvgIpc) is 2.85. The molecular formula is C27H36F3N3O4S. The smallest absolute Gasteiger partial charge is 0.352 e. The van der Waals surface area contributed by atoms with Crippen LogP contribution in [0.25, 0.3) is 0 Å². The van der Waals surface area contributed by atoms with E-state index in [1.165, 1.54) is 11.0 Å². The molecule has 0 bridgehead atoms. The van der Waals surface area contributed by atoms with E-state index < -0.39 is 27.8 Å². The van der Waals surface area contributed by atoms with Gasteiger partial charge in [-0.2, -0.15) is 13.2 Å². The summed E-state index contributed by atoms with van der Waals surface area (Å²) < 4.78 is 65.1. The van der Waals surface area contributed by atoms with Gasteiger partial charge in [0.25, 0.3) is 0 Å². The molecule has 0 heterocycles. The van der Waals surface area contributed by atoms with Gasteiger partial charge < -0.3 is 10.2 Å². The number of hydrogen-bond acceptors (Lipinski definition) is 4. The number of sulfonamides is 1. The van der Waals surface area contributed by atoms with E-state index in [1.54, 1.807) is 6.92 Å². The van der Waals surface area contributed by atoms with E-state index in [9.17, 15) is 31.2 Å². The highest BCUT2D eigenvalue weighted by atomic mass is 32.2. The maximum absolute atomic E-state index is 13.2. The molecule has 0 aliphatic carbocycles. The molecule has 0 unspecified atom stereocenters. The molecular weight excluding hydrogens is 519 g/mol. The molecule has 0 saturated carbocycles. The summed E-state index contributed by atoms with van der Waals surface area (Å²) in [6.07, 6.45) is -2.49. The van der Waals surface area contributed by atoms with Crippen LogP contribution in [0.2, 0.25) is 0 Å². The number of amides is 2. The standard InChI is InChI=1S/C27H36F3N3O4S/c1-5-20(2)31-26(35)21(3)32(18-16-22-11-7-6-8-12-22)25(34)15-10-17-33(38(4,36)37)24-14-9-13-23(19-24)27(28,29)30/h6-9,11-14,19-21H,5,10,15-18H2,1-4H3,(H,31,35)/t20-,21-/m0/s1. The molecule has 0 spiro atoms. The highest BCUT2D eigenvalue weighted by Gasteiger charge is 2.32. The fourth-order valence-electron chi connectivity index (χ4n) is 3.88. The van der Waals surface area contributed by atoms with Crippen LogP contribution in [-0.4, -0.2) is 56.6 Å². The molecule has 2 amide bonds. The number of halogens is 3. The Hall–Kier alpha value is -3.08. The Balaban J connectivity index is 2.16. The molecule has 0 aromatic heterocycles. The van der Waals surface area contributed by atoms with Gasteiger partial charge >= 0.3 is 6.18 Å². The molecule has 38 heavy (non-hydrogen) atoms. The molecule has 2 rings (SSSR count). The summed E-state index contributed by atoms with van der Waals surface area (Å²) in [5, 5.41) is 2.88. The van der Waals surface area contributed by atoms with Crippen LogP contribution < -0.4 is 9.62 Å². The van der Waals surface area contributed by atoms with E-state index in [1.807, 2.05) is 44.2 Å². The predicted molar refractivity (Wildman–Crippen MR) is 142 cm³/mol. The summed E-state index contributed by atoms with van der Waals surface area (Å²) in [4.78, 5) is 27.5. The largest absolute Gasteiger partial charge is 0.416 e. The van der Waals surface area contributed by atoms with Gasteiger partial charge in [-0.25, -0.2) is 8.42 Å². The summed E-state index contributed by atoms with van der Waals surface area (Å²) in [6, 6.07) is 12.7. The summed E-state index contributed by atoms with van der Waals surface area (Å²) >= 11 is 0. The first kappa shape index (κ1) is 31.1. The minimum absolute atomic E-state index is 0.0592. The van der Waals surface area contributed by atoms with E-state index in [2.05, 4.69) is 5.32 Å². The van der Waals surface area contributed by atoms with Crippen molar-refractivity contribution in [3.8, 4) is 0 Å². The Morgan fingerprint density at radius 1 is 1.00 bits per heavy atom. The van der Waals surface area contributed by atoms with E-state index in [0.29, 0.717) is 6.42 Å². The fraction of sp³-hybridized carbons (Fsp3) is 0.481. The van der Waals surface area contributed by atoms with Gasteiger partial charge in [-0.3, -0.25) is 13.9 Å². The predicted octanol–water partition coefficient (Wildman–Crippen LogP) is 4.63. The van der Waals surface area contributed by atoms with Crippen molar-refractivity contribution in [2.24, 2.45) is 0 Å². The first-order valence-corrected chi connectivity index (χ1v) is 14.4. The molecule has 7 nitrogen and oxygen atoms in total. The zero-order valence-electron chi connectivity index (χ0n) is 22.2. The second-order valence-electron chi connectivity index (χ2n) is 9.30. The number of nitrogens with zero attached hydrogens (tertiary/aromatic N) is 2. The topological polar surface area (TPSA) is 86.8 Å². The van der Waals surface area contributed by atoms with E-state index in [-0.39, 0.29) is 49.5 Å². The number of rotatable bonds is 13. The van der Waals surface area contributed by atoms with Crippen LogP contribution in [0.1, 0.15) is 51.2 Å². The lowest BCUT2D eigenvalue weighted by molar-refractivity contribution is -0.140. The quantitative estimate of drug-likeness (QED) is 0.391. The lowest BCUT2D eigenvalue weighted by atomic mass is 10.1. The lowest BCUT2D eigenvalue weighted by Crippen LogP contribution is -2.50. The summed E-state index contributed by atoms with van der Waals surface area (Å²) in [5.41, 5.74) is -0.0994. The maximum atomic E-state index is 13.2. The minimum atomic E-state index is -4.62. The number of carbonyl (C=O) groups is 2. The van der Waals surface area contributed by atoms with Crippen molar-refractivity contribution in [2.45, 2.75) is 64.7 Å². The van der Waals surface area contributed by atoms with Gasteiger partial charge in [0, 0.05) is 25.6 Å². The van der Waals surface area contributed by atoms with Crippen molar-refractivity contribution >= 4 is 27.5 Å². The third kappa shape index (κ3) is 9.34. The van der Waals surface area contributed by atoms with Crippen molar-refractivity contribution in [2.75, 3.05) is 23.7 Å². The molecule has 0 saturated heterocycles. The number of alkyl halides is 3. The molecule has 2 aromatic carbocycles. The number of benzene rings is 2. The number of carbonyl (C=O) groups excluding carboxylic acids is 2. The van der Waals surface area contributed by atoms with Crippen LogP contribution in [0.5, 0.6) is 0 Å². The van der Waals surface area contributed by atoms with Gasteiger partial charge in [-0.05, 0) is 56.9 Å². The molecule has 1 N–H and O–H groups in total. The van der Waals surface area contributed by atoms with Crippen molar-refractivity contribution < 1.29 is 31.2 Å². The van der Waals surface area contributed by atoms with Gasteiger partial charge in [0.05, 0.1) is 17.5 Å². The molecule has 210 valence electrons. The zero-order chi connectivity index (χ0) is 28.5. The Kier molecular flexibility index (Phi) is 11.2. The second-order valence-corrected chi connectivity index (χ2v) is 11.2. The molecule has 11 heteroatoms. The van der Waals surface area contributed by atoms with Gasteiger partial charge in [0.15, 0.2) is 0 Å². The van der Waals surface area contributed by atoms with E-state index >= 15 is 0 Å². The highest BCUT2D eigenvalue weighted by molar-refractivity contribution is 7.92. The van der Waals surface area contributed by atoms with E-state index in [4.69, 9.17) is 0 Å². The molecule has 2 aromatic rings. The van der Waals surface area contributed by atoms with Crippen LogP contribution in [0, 0.1) is 0 Å². The Morgan fingerprint density at radius 3 is 2.24 bits per heavy atom. The third-order valence-electron chi connectivity index (χ3n) is 6.27. The average molecular weight is 556 g/mol. The Labute approximate surface area is 223 Å². The summed E-state index contributed by atoms with van der Waals surface area (Å²) in [5.74, 6) is -0.632. The van der Waals surface area contributed by atoms with Gasteiger partial charge in [0.1, 0.15) is 6.04 Å². The number of hydrogen-bond donors (Lipinski definition) is 1. The van der Waals surface area contributed by atoms with Crippen molar-refractivity contribution in [1.29, 1.82) is 0 Å². The third-order valence-corrected chi connectivity index (χ3v) is 7.46. The Bertz CT molecular complexity index is 1170. The molecule has 0 aliphatic rings. The molecule has 0 radical (unpaired) electrons. The van der Waals surface area contributed by atoms with Gasteiger partial charge in [-0.1, -0.05) is 43.3 Å². The van der Waals surface area contributed by atoms with Crippen molar-refractivity contribution in [3.63, 3.8) is 0 Å². The monoisotopic (exact) mass is 555 g/mol. The zero-order valence-corrected chi connectivity index (χ0v) is 23.0. The summed E-state index contributed by atoms with van der Waals surface area (Å²) in [7, 11) is -3.91. The van der Waals surface area contributed by atoms with Crippen LogP contribution in [-0.2, 0) is 32.2 Å². The molecule has 0 aliphatic heterocycles. The van der Waals surface area contributed by atoms with Crippen LogP contribution in [0.4, 0.5) is 18.9 Å². The SMILES string of the molecule is CC[C@H](C)NC(=O)[C@H](C)N(CCc1ccccc1)C(=O)CCCN(c1cccc(C(F)(F)F)c1)S(C)(=O)=O. The first-order chi connectivity index (χ1) is 17.7. The van der Waals surface area contributed by atoms with Crippen molar-refractivity contribution in [3.05, 3.63) is 65.7 Å². The van der Waals surface area contributed by atoms with Crippen LogP contribution in [0.3, 0.4) is 0 Å². The molecule has 0 fully saturated rings. The first-order valence-electron chi connectivity index (χ1n) is 12.5. The lowest BCUT2D eigenvalue weighted by Gasteiger charge is -2.30.